The zero-order chi connectivity index (χ0) is 21.2. The zero-order valence-corrected chi connectivity index (χ0v) is 18.3. The van der Waals surface area contributed by atoms with Crippen LogP contribution in [0.4, 0.5) is 0 Å². The number of fused-ring (bicyclic) bond motifs is 1. The maximum atomic E-state index is 13.3. The molecule has 1 aromatic heterocycles. The molecule has 1 N–H and O–H groups in total. The molecule has 1 aliphatic heterocycles. The standard InChI is InChI=1S/C18H21ClN2O6S2/c1-26-16(22)7-13-9-21(10-14(20-13)8-17(23)27-2)29(24,25)18-5-11-3-4-12(19)6-15(11)28-18/h3-6,13-14,20H,7-10H2,1-2H3/t13-,14-/m1/s1. The van der Waals surface area contributed by atoms with E-state index in [4.69, 9.17) is 21.1 Å². The maximum Gasteiger partial charge on any atom is 0.307 e. The molecule has 11 heteroatoms. The van der Waals surface area contributed by atoms with E-state index in [2.05, 4.69) is 5.32 Å². The van der Waals surface area contributed by atoms with Gasteiger partial charge in [-0.1, -0.05) is 17.7 Å². The van der Waals surface area contributed by atoms with Gasteiger partial charge >= 0.3 is 11.9 Å². The summed E-state index contributed by atoms with van der Waals surface area (Å²) in [6, 6.07) is 5.84. The van der Waals surface area contributed by atoms with Gasteiger partial charge in [0.2, 0.25) is 0 Å². The van der Waals surface area contributed by atoms with Gasteiger partial charge in [0.25, 0.3) is 10.0 Å². The molecule has 0 amide bonds. The highest BCUT2D eigenvalue weighted by molar-refractivity contribution is 7.91. The van der Waals surface area contributed by atoms with Crippen molar-refractivity contribution in [2.75, 3.05) is 27.3 Å². The second kappa shape index (κ2) is 8.97. The van der Waals surface area contributed by atoms with Crippen LogP contribution in [0.3, 0.4) is 0 Å². The number of sulfonamides is 1. The molecule has 1 aromatic carbocycles. The molecule has 0 saturated carbocycles. The molecular formula is C18H21ClN2O6S2. The zero-order valence-electron chi connectivity index (χ0n) is 15.9. The first-order valence-corrected chi connectivity index (χ1v) is 11.5. The molecule has 0 radical (unpaired) electrons. The third-order valence-electron chi connectivity index (χ3n) is 4.65. The molecule has 158 valence electrons. The lowest BCUT2D eigenvalue weighted by atomic mass is 10.1. The third kappa shape index (κ3) is 5.07. The highest BCUT2D eigenvalue weighted by Gasteiger charge is 2.37. The van der Waals surface area contributed by atoms with E-state index in [0.29, 0.717) is 5.02 Å². The summed E-state index contributed by atoms with van der Waals surface area (Å²) < 4.78 is 38.2. The summed E-state index contributed by atoms with van der Waals surface area (Å²) in [6.45, 7) is 0.175. The topological polar surface area (TPSA) is 102 Å². The minimum atomic E-state index is -3.82. The first kappa shape index (κ1) is 22.0. The summed E-state index contributed by atoms with van der Waals surface area (Å²) in [5.41, 5.74) is 0. The third-order valence-corrected chi connectivity index (χ3v) is 8.27. The van der Waals surface area contributed by atoms with E-state index in [1.54, 1.807) is 24.3 Å². The summed E-state index contributed by atoms with van der Waals surface area (Å²) >= 11 is 7.14. The van der Waals surface area contributed by atoms with Crippen molar-refractivity contribution in [3.05, 3.63) is 29.3 Å². The monoisotopic (exact) mass is 460 g/mol. The van der Waals surface area contributed by atoms with E-state index in [1.165, 1.54) is 18.5 Å². The number of nitrogens with zero attached hydrogens (tertiary/aromatic N) is 1. The number of carbonyl (C=O) groups excluding carboxylic acids is 2. The normalized spacial score (nSPS) is 20.5. The largest absolute Gasteiger partial charge is 0.469 e. The molecular weight excluding hydrogens is 440 g/mol. The number of methoxy groups -OCH3 is 2. The number of halogens is 1. The molecule has 0 unspecified atom stereocenters. The van der Waals surface area contributed by atoms with Crippen LogP contribution in [0.1, 0.15) is 12.8 Å². The van der Waals surface area contributed by atoms with E-state index in [0.717, 1.165) is 21.4 Å². The molecule has 2 heterocycles. The Balaban J connectivity index is 1.89. The highest BCUT2D eigenvalue weighted by atomic mass is 35.5. The second-order valence-electron chi connectivity index (χ2n) is 6.69. The summed E-state index contributed by atoms with van der Waals surface area (Å²) in [4.78, 5) is 23.4. The van der Waals surface area contributed by atoms with E-state index in [1.807, 2.05) is 0 Å². The minimum Gasteiger partial charge on any atom is -0.469 e. The average Bonchev–Trinajstić information content (AvgIpc) is 3.11. The van der Waals surface area contributed by atoms with Gasteiger partial charge in [0.15, 0.2) is 0 Å². The molecule has 1 aliphatic rings. The predicted molar refractivity (Wildman–Crippen MR) is 110 cm³/mol. The molecule has 3 rings (SSSR count). The fourth-order valence-electron chi connectivity index (χ4n) is 3.25. The summed E-state index contributed by atoms with van der Waals surface area (Å²) in [6.07, 6.45) is -0.0234. The fraction of sp³-hybridized carbons (Fsp3) is 0.444. The van der Waals surface area contributed by atoms with Crippen LogP contribution < -0.4 is 5.32 Å². The number of hydrogen-bond donors (Lipinski definition) is 1. The van der Waals surface area contributed by atoms with Crippen molar-refractivity contribution in [1.82, 2.24) is 9.62 Å². The first-order valence-electron chi connectivity index (χ1n) is 8.82. The van der Waals surface area contributed by atoms with Crippen molar-refractivity contribution in [2.45, 2.75) is 29.1 Å². The second-order valence-corrected chi connectivity index (χ2v) is 10.4. The highest BCUT2D eigenvalue weighted by Crippen LogP contribution is 2.33. The van der Waals surface area contributed by atoms with Gasteiger partial charge in [0.05, 0.1) is 27.1 Å². The quantitative estimate of drug-likeness (QED) is 0.658. The Labute approximate surface area is 177 Å². The Bertz CT molecular complexity index is 997. The lowest BCUT2D eigenvalue weighted by molar-refractivity contribution is -0.141. The van der Waals surface area contributed by atoms with Gasteiger partial charge in [0.1, 0.15) is 4.21 Å². The van der Waals surface area contributed by atoms with Crippen LogP contribution in [-0.4, -0.2) is 64.1 Å². The molecule has 8 nitrogen and oxygen atoms in total. The van der Waals surface area contributed by atoms with Crippen molar-refractivity contribution in [3.8, 4) is 0 Å². The molecule has 2 aromatic rings. The molecule has 1 fully saturated rings. The number of thiophene rings is 1. The Morgan fingerprint density at radius 1 is 1.14 bits per heavy atom. The Hall–Kier alpha value is -1.72. The van der Waals surface area contributed by atoms with E-state index < -0.39 is 34.0 Å². The number of esters is 2. The Kier molecular flexibility index (Phi) is 6.79. The average molecular weight is 461 g/mol. The van der Waals surface area contributed by atoms with Crippen LogP contribution in [-0.2, 0) is 29.1 Å². The summed E-state index contributed by atoms with van der Waals surface area (Å²) in [5, 5.41) is 4.46. The first-order chi connectivity index (χ1) is 13.7. The van der Waals surface area contributed by atoms with E-state index in [9.17, 15) is 18.0 Å². The van der Waals surface area contributed by atoms with Gasteiger partial charge in [-0.3, -0.25) is 9.59 Å². The number of rotatable bonds is 6. The maximum absolute atomic E-state index is 13.3. The van der Waals surface area contributed by atoms with Crippen LogP contribution in [0, 0.1) is 0 Å². The van der Waals surface area contributed by atoms with Crippen molar-refractivity contribution >= 4 is 55.0 Å². The van der Waals surface area contributed by atoms with Crippen LogP contribution in [0.15, 0.2) is 28.5 Å². The number of hydrogen-bond acceptors (Lipinski definition) is 8. The number of ether oxygens (including phenoxy) is 2. The van der Waals surface area contributed by atoms with E-state index >= 15 is 0 Å². The van der Waals surface area contributed by atoms with Gasteiger partial charge in [-0.15, -0.1) is 11.3 Å². The van der Waals surface area contributed by atoms with Crippen molar-refractivity contribution in [2.24, 2.45) is 0 Å². The van der Waals surface area contributed by atoms with Crippen molar-refractivity contribution < 1.29 is 27.5 Å². The Morgan fingerprint density at radius 3 is 2.28 bits per heavy atom. The summed E-state index contributed by atoms with van der Waals surface area (Å²) in [7, 11) is -1.28. The number of benzene rings is 1. The Morgan fingerprint density at radius 2 is 1.72 bits per heavy atom. The summed E-state index contributed by atoms with van der Waals surface area (Å²) in [5.74, 6) is -0.926. The number of nitrogens with one attached hydrogen (secondary N) is 1. The van der Waals surface area contributed by atoms with Crippen LogP contribution in [0.25, 0.3) is 10.1 Å². The van der Waals surface area contributed by atoms with Crippen molar-refractivity contribution in [1.29, 1.82) is 0 Å². The minimum absolute atomic E-state index is 0.0117. The molecule has 2 atom stereocenters. The van der Waals surface area contributed by atoms with Gasteiger partial charge in [-0.25, -0.2) is 8.42 Å². The molecule has 29 heavy (non-hydrogen) atoms. The number of piperazine rings is 1. The van der Waals surface area contributed by atoms with Crippen LogP contribution in [0.2, 0.25) is 5.02 Å². The molecule has 0 aliphatic carbocycles. The van der Waals surface area contributed by atoms with Crippen LogP contribution in [0.5, 0.6) is 0 Å². The molecule has 0 bridgehead atoms. The fourth-order valence-corrected chi connectivity index (χ4v) is 6.61. The van der Waals surface area contributed by atoms with Gasteiger partial charge < -0.3 is 14.8 Å². The predicted octanol–water partition coefficient (Wildman–Crippen LogP) is 2.01. The molecule has 1 saturated heterocycles. The van der Waals surface area contributed by atoms with Crippen molar-refractivity contribution in [3.63, 3.8) is 0 Å². The smallest absolute Gasteiger partial charge is 0.307 e. The lowest BCUT2D eigenvalue weighted by Crippen LogP contribution is -2.58. The van der Waals surface area contributed by atoms with Gasteiger partial charge in [0, 0.05) is 34.9 Å². The van der Waals surface area contributed by atoms with Gasteiger partial charge in [-0.2, -0.15) is 4.31 Å². The van der Waals surface area contributed by atoms with E-state index in [-0.39, 0.29) is 30.1 Å². The lowest BCUT2D eigenvalue weighted by Gasteiger charge is -2.37. The van der Waals surface area contributed by atoms with Gasteiger partial charge in [-0.05, 0) is 23.6 Å². The number of carbonyl (C=O) groups is 2. The molecule has 0 spiro atoms. The van der Waals surface area contributed by atoms with Crippen LogP contribution >= 0.6 is 22.9 Å². The SMILES string of the molecule is COC(=O)C[C@@H]1CN(S(=O)(=O)c2cc3ccc(Cl)cc3s2)C[C@@H](CC(=O)OC)N1.